The fourth-order valence-corrected chi connectivity index (χ4v) is 15.1. The van der Waals surface area contributed by atoms with E-state index in [9.17, 15) is 0 Å². The molecule has 9 aromatic carbocycles. The maximum atomic E-state index is 2.55. The van der Waals surface area contributed by atoms with E-state index in [4.69, 9.17) is 0 Å². The van der Waals surface area contributed by atoms with Gasteiger partial charge in [-0.1, -0.05) is 191 Å². The average molecular weight is 859 g/mol. The summed E-state index contributed by atoms with van der Waals surface area (Å²) in [4.78, 5) is 4.99. The van der Waals surface area contributed by atoms with Gasteiger partial charge in [-0.25, -0.2) is 0 Å². The third kappa shape index (κ3) is 6.34. The second-order valence-electron chi connectivity index (χ2n) is 19.8. The molecule has 312 valence electrons. The maximum Gasteiger partial charge on any atom is 0.113 e. The summed E-state index contributed by atoms with van der Waals surface area (Å²) >= 11 is 0. The van der Waals surface area contributed by atoms with Crippen LogP contribution in [0.3, 0.4) is 0 Å². The first-order valence-corrected chi connectivity index (χ1v) is 29.3. The molecule has 0 bridgehead atoms. The Hall–Kier alpha value is -6.73. The zero-order valence-corrected chi connectivity index (χ0v) is 39.9. The molecule has 0 aromatic heterocycles. The van der Waals surface area contributed by atoms with Gasteiger partial charge in [-0.3, -0.25) is 0 Å². The molecule has 0 fully saturated rings. The van der Waals surface area contributed by atoms with Crippen molar-refractivity contribution in [1.82, 2.24) is 0 Å². The molecule has 11 rings (SSSR count). The van der Waals surface area contributed by atoms with Crippen LogP contribution in [0, 0.1) is 0 Å². The van der Waals surface area contributed by atoms with Gasteiger partial charge in [0.25, 0.3) is 0 Å². The van der Waals surface area contributed by atoms with E-state index in [1.54, 1.807) is 0 Å². The van der Waals surface area contributed by atoms with Crippen molar-refractivity contribution in [2.24, 2.45) is 0 Å². The first kappa shape index (κ1) is 40.1. The van der Waals surface area contributed by atoms with Crippen LogP contribution >= 0.6 is 0 Å². The molecule has 4 heteroatoms. The summed E-state index contributed by atoms with van der Waals surface area (Å²) in [6.45, 7) is 17.1. The summed E-state index contributed by atoms with van der Waals surface area (Å²) in [5, 5.41) is 7.10. The van der Waals surface area contributed by atoms with Crippen LogP contribution < -0.4 is 25.4 Å². The number of para-hydroxylation sites is 2. The Morgan fingerprint density at radius 2 is 0.984 bits per heavy atom. The number of anilines is 6. The molecule has 0 saturated carbocycles. The predicted molar refractivity (Wildman–Crippen MR) is 281 cm³/mol. The SMILES string of the molecule is CC1(C)c2ccccc2-c2ccc(N(c3ccccc3-c3ccccc3)c3ccc4c5c(cccc35)[Si](C)(C)c3cc(N(c5ccccc5)c5ccc([Si](C)(C)C)cc5)ccc3-4)cc21. The van der Waals surface area contributed by atoms with E-state index in [1.165, 1.54) is 105 Å². The second-order valence-corrected chi connectivity index (χ2v) is 29.2. The molecular formula is C60H54N2Si2. The Morgan fingerprint density at radius 1 is 0.406 bits per heavy atom. The van der Waals surface area contributed by atoms with E-state index in [-0.39, 0.29) is 5.41 Å². The average Bonchev–Trinajstić information content (AvgIpc) is 3.54. The highest BCUT2D eigenvalue weighted by molar-refractivity contribution is 7.03. The summed E-state index contributed by atoms with van der Waals surface area (Å²) < 4.78 is 0. The molecule has 64 heavy (non-hydrogen) atoms. The van der Waals surface area contributed by atoms with Gasteiger partial charge in [0.05, 0.1) is 19.4 Å². The fourth-order valence-electron chi connectivity index (χ4n) is 10.8. The lowest BCUT2D eigenvalue weighted by Crippen LogP contribution is -2.56. The Kier molecular flexibility index (Phi) is 9.36. The number of rotatable bonds is 8. The van der Waals surface area contributed by atoms with Gasteiger partial charge in [0.1, 0.15) is 8.07 Å². The largest absolute Gasteiger partial charge is 0.311 e. The van der Waals surface area contributed by atoms with E-state index in [0.717, 1.165) is 0 Å². The molecule has 2 aliphatic rings. The zero-order valence-electron chi connectivity index (χ0n) is 37.9. The normalized spacial score (nSPS) is 14.1. The molecule has 1 heterocycles. The molecule has 0 amide bonds. The molecule has 1 aliphatic heterocycles. The van der Waals surface area contributed by atoms with Gasteiger partial charge >= 0.3 is 0 Å². The van der Waals surface area contributed by atoms with Crippen molar-refractivity contribution >= 4 is 76.6 Å². The highest BCUT2D eigenvalue weighted by Crippen LogP contribution is 2.52. The van der Waals surface area contributed by atoms with Crippen LogP contribution in [-0.2, 0) is 5.41 Å². The van der Waals surface area contributed by atoms with E-state index in [1.807, 2.05) is 0 Å². The smallest absolute Gasteiger partial charge is 0.113 e. The third-order valence-electron chi connectivity index (χ3n) is 14.2. The van der Waals surface area contributed by atoms with Crippen molar-refractivity contribution in [3.05, 3.63) is 211 Å². The number of nitrogens with zero attached hydrogens (tertiary/aromatic N) is 2. The van der Waals surface area contributed by atoms with Crippen LogP contribution in [0.2, 0.25) is 32.7 Å². The molecule has 2 nitrogen and oxygen atoms in total. The van der Waals surface area contributed by atoms with Gasteiger partial charge < -0.3 is 9.80 Å². The molecule has 1 aliphatic carbocycles. The lowest BCUT2D eigenvalue weighted by atomic mass is 9.82. The molecule has 0 radical (unpaired) electrons. The first-order valence-electron chi connectivity index (χ1n) is 22.8. The second kappa shape index (κ2) is 14.9. The van der Waals surface area contributed by atoms with Gasteiger partial charge in [0, 0.05) is 39.1 Å². The van der Waals surface area contributed by atoms with Crippen molar-refractivity contribution < 1.29 is 0 Å². The lowest BCUT2D eigenvalue weighted by Gasteiger charge is -2.37. The highest BCUT2D eigenvalue weighted by atomic mass is 28.3. The summed E-state index contributed by atoms with van der Waals surface area (Å²) in [5.41, 5.74) is 17.5. The van der Waals surface area contributed by atoms with Gasteiger partial charge in [0.15, 0.2) is 0 Å². The van der Waals surface area contributed by atoms with Crippen LogP contribution in [0.25, 0.3) is 44.2 Å². The molecule has 0 unspecified atom stereocenters. The monoisotopic (exact) mass is 858 g/mol. The Balaban J connectivity index is 1.10. The highest BCUT2D eigenvalue weighted by Gasteiger charge is 2.38. The van der Waals surface area contributed by atoms with Crippen molar-refractivity contribution in [2.75, 3.05) is 9.80 Å². The topological polar surface area (TPSA) is 6.48 Å². The van der Waals surface area contributed by atoms with Gasteiger partial charge in [-0.05, 0) is 115 Å². The first-order chi connectivity index (χ1) is 30.9. The Morgan fingerprint density at radius 3 is 1.72 bits per heavy atom. The molecule has 0 N–H and O–H groups in total. The predicted octanol–water partition coefficient (Wildman–Crippen LogP) is 15.1. The van der Waals surface area contributed by atoms with E-state index in [2.05, 4.69) is 257 Å². The molecular weight excluding hydrogens is 805 g/mol. The van der Waals surface area contributed by atoms with Crippen molar-refractivity contribution in [3.63, 3.8) is 0 Å². The molecule has 0 atom stereocenters. The van der Waals surface area contributed by atoms with Crippen LogP contribution in [0.15, 0.2) is 200 Å². The molecule has 0 saturated heterocycles. The summed E-state index contributed by atoms with van der Waals surface area (Å²) in [6.07, 6.45) is 0. The fraction of sp³-hybridized carbons (Fsp3) is 0.133. The van der Waals surface area contributed by atoms with Gasteiger partial charge in [-0.15, -0.1) is 0 Å². The van der Waals surface area contributed by atoms with Crippen molar-refractivity contribution in [2.45, 2.75) is 52.0 Å². The van der Waals surface area contributed by atoms with Gasteiger partial charge in [-0.2, -0.15) is 0 Å². The standard InChI is InChI=1S/C60H54N2Si2/c1-60(2)53-26-16-14-24-48(53)49-35-31-44(39-54(49)60)62(55-27-17-15-23-47(55)41-19-10-8-11-20-41)56-38-37-51-50-36-32-45(40-58(50)64(6,7)57-28-18-25-52(56)59(51)57)61(42-21-12-9-13-22-42)43-29-33-46(34-30-43)63(3,4)5/h8-40H,1-7H3. The maximum absolute atomic E-state index is 2.55. The summed E-state index contributed by atoms with van der Waals surface area (Å²) in [7, 11) is -3.72. The Bertz CT molecular complexity index is 3250. The summed E-state index contributed by atoms with van der Waals surface area (Å²) in [6, 6.07) is 75.4. The van der Waals surface area contributed by atoms with E-state index in [0.29, 0.717) is 0 Å². The number of fused-ring (bicyclic) bond motifs is 5. The van der Waals surface area contributed by atoms with Crippen LogP contribution in [0.1, 0.15) is 25.0 Å². The number of hydrogen-bond acceptors (Lipinski definition) is 2. The van der Waals surface area contributed by atoms with Crippen molar-refractivity contribution in [1.29, 1.82) is 0 Å². The zero-order chi connectivity index (χ0) is 44.0. The minimum Gasteiger partial charge on any atom is -0.311 e. The van der Waals surface area contributed by atoms with Crippen LogP contribution in [0.4, 0.5) is 34.1 Å². The van der Waals surface area contributed by atoms with Gasteiger partial charge in [0.2, 0.25) is 0 Å². The minimum absolute atomic E-state index is 0.127. The van der Waals surface area contributed by atoms with Crippen LogP contribution in [0.5, 0.6) is 0 Å². The van der Waals surface area contributed by atoms with Crippen LogP contribution in [-0.4, -0.2) is 16.1 Å². The quantitative estimate of drug-likeness (QED) is 0.141. The lowest BCUT2D eigenvalue weighted by molar-refractivity contribution is 0.660. The third-order valence-corrected chi connectivity index (χ3v) is 19.8. The summed E-state index contributed by atoms with van der Waals surface area (Å²) in [5.74, 6) is 0. The van der Waals surface area contributed by atoms with Crippen molar-refractivity contribution in [3.8, 4) is 33.4 Å². The van der Waals surface area contributed by atoms with E-state index >= 15 is 0 Å². The number of benzene rings is 9. The number of hydrogen-bond donors (Lipinski definition) is 0. The molecule has 9 aromatic rings. The molecule has 0 spiro atoms. The Labute approximate surface area is 381 Å². The minimum atomic E-state index is -2.26. The van der Waals surface area contributed by atoms with E-state index < -0.39 is 16.1 Å².